The van der Waals surface area contributed by atoms with Crippen molar-refractivity contribution in [1.29, 1.82) is 0 Å². The van der Waals surface area contributed by atoms with Crippen LogP contribution in [0, 0.1) is 11.3 Å². The summed E-state index contributed by atoms with van der Waals surface area (Å²) in [5.74, 6) is 0.748. The lowest BCUT2D eigenvalue weighted by Gasteiger charge is -2.23. The average Bonchev–Trinajstić information content (AvgIpc) is 2.21. The Bertz CT molecular complexity index is 431. The van der Waals surface area contributed by atoms with Gasteiger partial charge in [0.25, 0.3) is 5.56 Å². The molecule has 0 aliphatic rings. The summed E-state index contributed by atoms with van der Waals surface area (Å²) in [6.07, 6.45) is 2.03. The molecule has 0 aromatic carbocycles. The van der Waals surface area contributed by atoms with E-state index in [-0.39, 0.29) is 5.88 Å². The summed E-state index contributed by atoms with van der Waals surface area (Å²) in [5, 5.41) is 9.43. The van der Waals surface area contributed by atoms with Crippen molar-refractivity contribution in [3.05, 3.63) is 28.6 Å². The summed E-state index contributed by atoms with van der Waals surface area (Å²) < 4.78 is 5.95. The van der Waals surface area contributed by atoms with E-state index in [1.165, 1.54) is 6.07 Å². The van der Waals surface area contributed by atoms with Gasteiger partial charge in [-0.3, -0.25) is 4.79 Å². The van der Waals surface area contributed by atoms with Crippen LogP contribution in [0.1, 0.15) is 40.5 Å². The molecule has 1 unspecified atom stereocenters. The highest BCUT2D eigenvalue weighted by Crippen LogP contribution is 2.25. The van der Waals surface area contributed by atoms with Crippen molar-refractivity contribution < 1.29 is 9.94 Å². The lowest BCUT2D eigenvalue weighted by molar-refractivity contribution is 0.124. The third-order valence-electron chi connectivity index (χ3n) is 2.72. The molecule has 1 atom stereocenters. The van der Waals surface area contributed by atoms with E-state index in [9.17, 15) is 10.0 Å². The molecule has 0 bridgehead atoms. The van der Waals surface area contributed by atoms with Gasteiger partial charge in [-0.15, -0.1) is 4.73 Å². The van der Waals surface area contributed by atoms with E-state index >= 15 is 0 Å². The quantitative estimate of drug-likeness (QED) is 0.821. The number of ether oxygens (including phenoxy) is 1. The van der Waals surface area contributed by atoms with Gasteiger partial charge in [-0.25, -0.2) is 0 Å². The Morgan fingerprint density at radius 3 is 2.67 bits per heavy atom. The minimum absolute atomic E-state index is 0.199. The Balaban J connectivity index is 2.42. The first-order valence-corrected chi connectivity index (χ1v) is 6.34. The van der Waals surface area contributed by atoms with E-state index in [2.05, 4.69) is 27.7 Å². The van der Waals surface area contributed by atoms with Gasteiger partial charge in [0, 0.05) is 12.1 Å². The normalized spacial score (nSPS) is 13.3. The molecule has 1 aromatic rings. The standard InChI is InChI=1S/C14H23NO3/c1-11(10-14(2,3)4)8-9-18-13-7-5-6-12(16)15(13)17/h5-7,11,17H,8-10H2,1-4H3. The van der Waals surface area contributed by atoms with Crippen LogP contribution in [-0.2, 0) is 0 Å². The van der Waals surface area contributed by atoms with Crippen LogP contribution in [0.4, 0.5) is 0 Å². The Morgan fingerprint density at radius 2 is 2.06 bits per heavy atom. The Morgan fingerprint density at radius 1 is 1.39 bits per heavy atom. The van der Waals surface area contributed by atoms with Gasteiger partial charge in [0.2, 0.25) is 5.88 Å². The lowest BCUT2D eigenvalue weighted by Crippen LogP contribution is -2.19. The third-order valence-corrected chi connectivity index (χ3v) is 2.72. The minimum Gasteiger partial charge on any atom is -0.477 e. The maximum atomic E-state index is 11.2. The highest BCUT2D eigenvalue weighted by Gasteiger charge is 2.15. The first-order valence-electron chi connectivity index (χ1n) is 6.34. The van der Waals surface area contributed by atoms with Gasteiger partial charge < -0.3 is 9.94 Å². The molecule has 102 valence electrons. The smallest absolute Gasteiger partial charge is 0.286 e. The fourth-order valence-corrected chi connectivity index (χ4v) is 2.08. The summed E-state index contributed by atoms with van der Waals surface area (Å²) in [6, 6.07) is 4.44. The zero-order chi connectivity index (χ0) is 13.8. The minimum atomic E-state index is -0.477. The molecule has 0 saturated carbocycles. The number of rotatable bonds is 5. The Labute approximate surface area is 108 Å². The molecule has 0 radical (unpaired) electrons. The molecule has 0 spiro atoms. The molecule has 4 nitrogen and oxygen atoms in total. The topological polar surface area (TPSA) is 51.5 Å². The van der Waals surface area contributed by atoms with E-state index in [0.29, 0.717) is 22.7 Å². The SMILES string of the molecule is CC(CCOc1cccc(=O)n1O)CC(C)(C)C. The summed E-state index contributed by atoms with van der Waals surface area (Å²) in [7, 11) is 0. The van der Waals surface area contributed by atoms with Crippen LogP contribution in [0.2, 0.25) is 0 Å². The van der Waals surface area contributed by atoms with Gasteiger partial charge in [0.1, 0.15) is 0 Å². The second kappa shape index (κ2) is 5.94. The van der Waals surface area contributed by atoms with Crippen LogP contribution < -0.4 is 10.3 Å². The molecule has 0 fully saturated rings. The fourth-order valence-electron chi connectivity index (χ4n) is 2.08. The zero-order valence-electron chi connectivity index (χ0n) is 11.6. The summed E-state index contributed by atoms with van der Waals surface area (Å²) in [5.41, 5.74) is -0.166. The average molecular weight is 253 g/mol. The number of pyridine rings is 1. The van der Waals surface area contributed by atoms with Crippen molar-refractivity contribution in [2.75, 3.05) is 6.61 Å². The van der Waals surface area contributed by atoms with Crippen LogP contribution in [-0.4, -0.2) is 16.5 Å². The van der Waals surface area contributed by atoms with Crippen LogP contribution in [0.5, 0.6) is 5.88 Å². The van der Waals surface area contributed by atoms with E-state index < -0.39 is 5.56 Å². The molecule has 0 amide bonds. The molecule has 1 aromatic heterocycles. The van der Waals surface area contributed by atoms with Crippen LogP contribution in [0.25, 0.3) is 0 Å². The summed E-state index contributed by atoms with van der Waals surface area (Å²) >= 11 is 0. The van der Waals surface area contributed by atoms with E-state index in [0.717, 1.165) is 12.8 Å². The highest BCUT2D eigenvalue weighted by molar-refractivity contribution is 5.10. The van der Waals surface area contributed by atoms with Crippen LogP contribution >= 0.6 is 0 Å². The molecule has 0 aliphatic carbocycles. The largest absolute Gasteiger partial charge is 0.477 e. The molecule has 0 saturated heterocycles. The highest BCUT2D eigenvalue weighted by atomic mass is 16.6. The Hall–Kier alpha value is -1.45. The van der Waals surface area contributed by atoms with E-state index in [4.69, 9.17) is 4.74 Å². The van der Waals surface area contributed by atoms with Gasteiger partial charge in [-0.2, -0.15) is 0 Å². The van der Waals surface area contributed by atoms with Gasteiger partial charge in [-0.05, 0) is 24.2 Å². The van der Waals surface area contributed by atoms with E-state index in [1.807, 2.05) is 0 Å². The van der Waals surface area contributed by atoms with Crippen molar-refractivity contribution in [3.63, 3.8) is 0 Å². The molecule has 0 aliphatic heterocycles. The maximum absolute atomic E-state index is 11.2. The predicted molar refractivity (Wildman–Crippen MR) is 71.2 cm³/mol. The molecular formula is C14H23NO3. The van der Waals surface area contributed by atoms with Crippen LogP contribution in [0.15, 0.2) is 23.0 Å². The van der Waals surface area contributed by atoms with Gasteiger partial charge in [0.05, 0.1) is 6.61 Å². The van der Waals surface area contributed by atoms with Crippen molar-refractivity contribution in [2.24, 2.45) is 11.3 Å². The number of nitrogens with zero attached hydrogens (tertiary/aromatic N) is 1. The van der Waals surface area contributed by atoms with Crippen molar-refractivity contribution in [3.8, 4) is 5.88 Å². The zero-order valence-corrected chi connectivity index (χ0v) is 11.6. The molecule has 1 heterocycles. The van der Waals surface area contributed by atoms with Gasteiger partial charge in [0.15, 0.2) is 0 Å². The van der Waals surface area contributed by atoms with Crippen molar-refractivity contribution in [2.45, 2.75) is 40.5 Å². The molecule has 1 rings (SSSR count). The van der Waals surface area contributed by atoms with Crippen LogP contribution in [0.3, 0.4) is 0 Å². The van der Waals surface area contributed by atoms with Crippen molar-refractivity contribution >= 4 is 0 Å². The predicted octanol–water partition coefficient (Wildman–Crippen LogP) is 2.93. The lowest BCUT2D eigenvalue weighted by atomic mass is 9.84. The number of hydrogen-bond donors (Lipinski definition) is 1. The van der Waals surface area contributed by atoms with E-state index in [1.54, 1.807) is 12.1 Å². The summed E-state index contributed by atoms with van der Waals surface area (Å²) in [4.78, 5) is 11.2. The van der Waals surface area contributed by atoms with Gasteiger partial charge in [-0.1, -0.05) is 33.8 Å². The number of aromatic nitrogens is 1. The fraction of sp³-hybridized carbons (Fsp3) is 0.643. The number of hydrogen-bond acceptors (Lipinski definition) is 3. The molecule has 4 heteroatoms. The third kappa shape index (κ3) is 4.82. The second-order valence-electron chi connectivity index (χ2n) is 6.02. The monoisotopic (exact) mass is 253 g/mol. The Kier molecular flexibility index (Phi) is 4.82. The molecule has 1 N–H and O–H groups in total. The van der Waals surface area contributed by atoms with Crippen molar-refractivity contribution in [1.82, 2.24) is 4.73 Å². The second-order valence-corrected chi connectivity index (χ2v) is 6.02. The molecular weight excluding hydrogens is 230 g/mol. The van der Waals surface area contributed by atoms with Gasteiger partial charge >= 0.3 is 0 Å². The maximum Gasteiger partial charge on any atom is 0.286 e. The summed E-state index contributed by atoms with van der Waals surface area (Å²) in [6.45, 7) is 9.33. The first-order chi connectivity index (χ1) is 8.29. The molecule has 18 heavy (non-hydrogen) atoms. The first kappa shape index (κ1) is 14.6.